The monoisotopic (exact) mass is 445 g/mol. The highest BCUT2D eigenvalue weighted by molar-refractivity contribution is 6.13. The average molecular weight is 446 g/mol. The molecule has 0 bridgehead atoms. The van der Waals surface area contributed by atoms with Crippen LogP contribution in [0.3, 0.4) is 0 Å². The van der Waals surface area contributed by atoms with Crippen molar-refractivity contribution in [2.75, 3.05) is 0 Å². The molecule has 0 saturated heterocycles. The third-order valence-electron chi connectivity index (χ3n) is 6.42. The van der Waals surface area contributed by atoms with Gasteiger partial charge in [0.05, 0.1) is 17.2 Å². The summed E-state index contributed by atoms with van der Waals surface area (Å²) in [5.74, 6) is 0. The Kier molecular flexibility index (Phi) is 5.25. The van der Waals surface area contributed by atoms with Crippen LogP contribution in [0, 0.1) is 23.7 Å². The van der Waals surface area contributed by atoms with Crippen molar-refractivity contribution in [1.82, 2.24) is 0 Å². The number of benzene rings is 3. The molecule has 5 rings (SSSR count). The molecule has 0 atom stereocenters. The van der Waals surface area contributed by atoms with Crippen LogP contribution >= 0.6 is 0 Å². The van der Waals surface area contributed by atoms with Gasteiger partial charge in [-0.2, -0.15) is 5.26 Å². The Hall–Kier alpha value is -3.90. The van der Waals surface area contributed by atoms with E-state index in [9.17, 15) is 5.26 Å². The number of nitrogens with zero attached hydrogens (tertiary/aromatic N) is 2. The van der Waals surface area contributed by atoms with Gasteiger partial charge in [-0.05, 0) is 36.0 Å². The molecule has 0 spiro atoms. The summed E-state index contributed by atoms with van der Waals surface area (Å²) >= 11 is 0. The molecule has 2 heterocycles. The number of hydrogen-bond acceptors (Lipinski definition) is 2. The van der Waals surface area contributed by atoms with Crippen LogP contribution in [0.5, 0.6) is 0 Å². The summed E-state index contributed by atoms with van der Waals surface area (Å²) in [4.78, 5) is 0. The first-order valence-corrected chi connectivity index (χ1v) is 11.7. The zero-order valence-corrected chi connectivity index (χ0v) is 20.4. The number of fused-ring (bicyclic) bond motifs is 3. The number of rotatable bonds is 3. The van der Waals surface area contributed by atoms with Crippen LogP contribution in [-0.2, 0) is 13.5 Å². The van der Waals surface area contributed by atoms with Crippen LogP contribution in [-0.4, -0.2) is 0 Å². The van der Waals surface area contributed by atoms with E-state index in [-0.39, 0.29) is 5.41 Å². The number of pyridine rings is 1. The van der Waals surface area contributed by atoms with Gasteiger partial charge in [-0.25, -0.2) is 4.57 Å². The Bertz CT molecular complexity index is 1590. The molecule has 0 aliphatic rings. The van der Waals surface area contributed by atoms with Gasteiger partial charge in [-0.3, -0.25) is 0 Å². The van der Waals surface area contributed by atoms with E-state index in [0.717, 1.165) is 50.7 Å². The number of para-hydroxylation sites is 1. The molecule has 168 valence electrons. The van der Waals surface area contributed by atoms with Gasteiger partial charge in [0.25, 0.3) is 0 Å². The third kappa shape index (κ3) is 3.76. The molecule has 0 saturated carbocycles. The zero-order chi connectivity index (χ0) is 24.0. The zero-order valence-electron chi connectivity index (χ0n) is 20.4. The van der Waals surface area contributed by atoms with Crippen LogP contribution < -0.4 is 4.57 Å². The molecular weight excluding hydrogens is 416 g/mol. The quantitative estimate of drug-likeness (QED) is 0.270. The first-order chi connectivity index (χ1) is 16.3. The second-order valence-electron chi connectivity index (χ2n) is 10.3. The Labute approximate surface area is 200 Å². The van der Waals surface area contributed by atoms with E-state index in [1.54, 1.807) is 0 Å². The van der Waals surface area contributed by atoms with Crippen LogP contribution in [0.25, 0.3) is 44.3 Å². The largest absolute Gasteiger partial charge is 0.454 e. The Morgan fingerprint density at radius 3 is 2.38 bits per heavy atom. The minimum Gasteiger partial charge on any atom is -0.454 e. The van der Waals surface area contributed by atoms with Crippen LogP contribution in [0.4, 0.5) is 0 Å². The first kappa shape index (κ1) is 21.9. The standard InChI is InChI=1S/C31H29N2O/c1-20-13-14-26-25-12-8-11-24(23-10-7-6-9-22(23)19-32)29(25)34-30(26)28(20)27-17-21(15-16-33(27)5)18-31(2,3)4/h6-17H,18H2,1-5H3/q+1. The molecule has 0 fully saturated rings. The van der Waals surface area contributed by atoms with Crippen molar-refractivity contribution in [2.24, 2.45) is 12.5 Å². The summed E-state index contributed by atoms with van der Waals surface area (Å²) in [6, 6.07) is 25.1. The van der Waals surface area contributed by atoms with Gasteiger partial charge in [0.15, 0.2) is 6.20 Å². The molecule has 3 heteroatoms. The van der Waals surface area contributed by atoms with E-state index in [1.807, 2.05) is 36.4 Å². The number of furan rings is 1. The summed E-state index contributed by atoms with van der Waals surface area (Å²) in [6.45, 7) is 8.95. The Morgan fingerprint density at radius 1 is 0.882 bits per heavy atom. The minimum atomic E-state index is 0.209. The van der Waals surface area contributed by atoms with E-state index in [2.05, 4.69) is 81.9 Å². The van der Waals surface area contributed by atoms with E-state index < -0.39 is 0 Å². The highest BCUT2D eigenvalue weighted by Crippen LogP contribution is 2.41. The lowest BCUT2D eigenvalue weighted by Gasteiger charge is -2.18. The average Bonchev–Trinajstić information content (AvgIpc) is 3.18. The van der Waals surface area contributed by atoms with Crippen LogP contribution in [0.2, 0.25) is 0 Å². The third-order valence-corrected chi connectivity index (χ3v) is 6.42. The smallest absolute Gasteiger partial charge is 0.216 e. The second-order valence-corrected chi connectivity index (χ2v) is 10.3. The lowest BCUT2D eigenvalue weighted by molar-refractivity contribution is -0.660. The molecule has 0 N–H and O–H groups in total. The topological polar surface area (TPSA) is 40.8 Å². The molecular formula is C31H29N2O+. The van der Waals surface area contributed by atoms with Gasteiger partial charge in [0.2, 0.25) is 5.69 Å². The minimum absolute atomic E-state index is 0.209. The van der Waals surface area contributed by atoms with Gasteiger partial charge in [0.1, 0.15) is 18.2 Å². The fraction of sp³-hybridized carbons (Fsp3) is 0.226. The lowest BCUT2D eigenvalue weighted by atomic mass is 9.88. The molecule has 3 aromatic carbocycles. The van der Waals surface area contributed by atoms with E-state index in [0.29, 0.717) is 5.56 Å². The number of aryl methyl sites for hydroxylation is 2. The molecule has 0 amide bonds. The molecule has 2 aromatic heterocycles. The summed E-state index contributed by atoms with van der Waals surface area (Å²) in [7, 11) is 2.09. The Balaban J connectivity index is 1.80. The maximum absolute atomic E-state index is 9.67. The number of nitriles is 1. The molecule has 0 unspecified atom stereocenters. The van der Waals surface area contributed by atoms with Crippen molar-refractivity contribution < 1.29 is 8.98 Å². The van der Waals surface area contributed by atoms with Crippen molar-refractivity contribution in [3.8, 4) is 28.5 Å². The van der Waals surface area contributed by atoms with Crippen molar-refractivity contribution in [3.63, 3.8) is 0 Å². The van der Waals surface area contributed by atoms with Crippen molar-refractivity contribution in [3.05, 3.63) is 89.6 Å². The molecule has 5 aromatic rings. The normalized spacial score (nSPS) is 11.8. The lowest BCUT2D eigenvalue weighted by Crippen LogP contribution is -2.31. The summed E-state index contributed by atoms with van der Waals surface area (Å²) < 4.78 is 8.85. The van der Waals surface area contributed by atoms with Crippen LogP contribution in [0.15, 0.2) is 77.3 Å². The maximum Gasteiger partial charge on any atom is 0.216 e. The van der Waals surface area contributed by atoms with Gasteiger partial charge >= 0.3 is 0 Å². The van der Waals surface area contributed by atoms with E-state index >= 15 is 0 Å². The van der Waals surface area contributed by atoms with E-state index in [4.69, 9.17) is 4.42 Å². The summed E-state index contributed by atoms with van der Waals surface area (Å²) in [6.07, 6.45) is 3.15. The van der Waals surface area contributed by atoms with Gasteiger partial charge in [-0.1, -0.05) is 69.3 Å². The first-order valence-electron chi connectivity index (χ1n) is 11.7. The second kappa shape index (κ2) is 8.15. The van der Waals surface area contributed by atoms with E-state index in [1.165, 1.54) is 11.1 Å². The molecule has 0 radical (unpaired) electrons. The fourth-order valence-electron chi connectivity index (χ4n) is 4.89. The molecule has 34 heavy (non-hydrogen) atoms. The highest BCUT2D eigenvalue weighted by Gasteiger charge is 2.23. The van der Waals surface area contributed by atoms with Gasteiger partial charge in [0, 0.05) is 34.0 Å². The molecule has 0 aliphatic heterocycles. The Morgan fingerprint density at radius 2 is 1.62 bits per heavy atom. The van der Waals surface area contributed by atoms with Crippen molar-refractivity contribution in [2.45, 2.75) is 34.1 Å². The number of hydrogen-bond donors (Lipinski definition) is 0. The molecule has 3 nitrogen and oxygen atoms in total. The SMILES string of the molecule is Cc1ccc2c(oc3c(-c4ccccc4C#N)cccc32)c1-c1cc(CC(C)(C)C)cc[n+]1C. The summed E-state index contributed by atoms with van der Waals surface area (Å²) in [5.41, 5.74) is 9.15. The predicted octanol–water partition coefficient (Wildman–Crippen LogP) is 7.51. The van der Waals surface area contributed by atoms with Crippen molar-refractivity contribution >= 4 is 21.9 Å². The fourth-order valence-corrected chi connectivity index (χ4v) is 4.89. The van der Waals surface area contributed by atoms with Gasteiger partial charge in [-0.15, -0.1) is 0 Å². The predicted molar refractivity (Wildman–Crippen MR) is 138 cm³/mol. The van der Waals surface area contributed by atoms with Crippen LogP contribution in [0.1, 0.15) is 37.5 Å². The van der Waals surface area contributed by atoms with Gasteiger partial charge < -0.3 is 4.42 Å². The maximum atomic E-state index is 9.67. The summed E-state index contributed by atoms with van der Waals surface area (Å²) in [5, 5.41) is 11.8. The number of aromatic nitrogens is 1. The highest BCUT2D eigenvalue weighted by atomic mass is 16.3. The van der Waals surface area contributed by atoms with Crippen molar-refractivity contribution in [1.29, 1.82) is 5.26 Å². The molecule has 0 aliphatic carbocycles.